The third kappa shape index (κ3) is 20.0. The van der Waals surface area contributed by atoms with Gasteiger partial charge in [0, 0.05) is 95.5 Å². The molecule has 14 aromatic heterocycles. The Kier molecular flexibility index (Phi) is 26.6. The van der Waals surface area contributed by atoms with Crippen molar-refractivity contribution in [3.63, 3.8) is 0 Å². The van der Waals surface area contributed by atoms with Gasteiger partial charge in [0.15, 0.2) is 39.2 Å². The molecule has 15 heterocycles. The van der Waals surface area contributed by atoms with Gasteiger partial charge in [-0.1, -0.05) is 5.21 Å². The van der Waals surface area contributed by atoms with E-state index in [-0.39, 0.29) is 102 Å². The predicted octanol–water partition coefficient (Wildman–Crippen LogP) is 7.26. The van der Waals surface area contributed by atoms with Gasteiger partial charge in [-0.25, -0.2) is 63.7 Å². The lowest BCUT2D eigenvalue weighted by molar-refractivity contribution is -0.126. The summed E-state index contributed by atoms with van der Waals surface area (Å²) in [6.45, 7) is 52.9. The molecule has 652 valence electrons. The number of nitrogens with zero attached hydrogens (tertiary/aromatic N) is 30. The number of anilines is 2. The molecule has 1 aliphatic heterocycles. The van der Waals surface area contributed by atoms with Crippen LogP contribution in [-0.4, -0.2) is 181 Å². The maximum absolute atomic E-state index is 12.6. The van der Waals surface area contributed by atoms with Gasteiger partial charge in [-0.2, -0.15) is 25.4 Å². The summed E-state index contributed by atoms with van der Waals surface area (Å²) in [5.41, 5.74) is 4.09. The van der Waals surface area contributed by atoms with Crippen LogP contribution in [0.1, 0.15) is 162 Å². The molecule has 1 fully saturated rings. The zero-order valence-corrected chi connectivity index (χ0v) is 75.6. The van der Waals surface area contributed by atoms with Crippen LogP contribution in [0, 0.1) is 31.8 Å². The lowest BCUT2D eigenvalue weighted by Crippen LogP contribution is -2.41. The van der Waals surface area contributed by atoms with E-state index in [9.17, 15) is 38.4 Å². The second-order valence-corrected chi connectivity index (χ2v) is 36.7. The van der Waals surface area contributed by atoms with Gasteiger partial charge in [-0.3, -0.25) is 56.6 Å². The average molecular weight is 1690 g/mol. The van der Waals surface area contributed by atoms with Crippen molar-refractivity contribution < 1.29 is 9.53 Å². The largest absolute Gasteiger partial charge is 0.377 e. The zero-order chi connectivity index (χ0) is 91.8. The number of nitriles is 1. The molecule has 1 amide bonds. The number of aryl methyl sites for hydroxylation is 7. The summed E-state index contributed by atoms with van der Waals surface area (Å²) in [5.74, 6) is 1.03. The Labute approximate surface area is 707 Å². The molecule has 123 heavy (non-hydrogen) atoms. The van der Waals surface area contributed by atoms with Gasteiger partial charge in [-0.15, -0.1) is 5.10 Å². The van der Waals surface area contributed by atoms with E-state index in [1.165, 1.54) is 50.5 Å². The van der Waals surface area contributed by atoms with Crippen LogP contribution >= 0.6 is 0 Å². The van der Waals surface area contributed by atoms with Gasteiger partial charge in [0.1, 0.15) is 58.8 Å². The Bertz CT molecular complexity index is 6780. The number of hydrogen-bond acceptors (Lipinski definition) is 27. The zero-order valence-electron chi connectivity index (χ0n) is 75.6. The van der Waals surface area contributed by atoms with Crippen LogP contribution in [0.2, 0.25) is 0 Å². The summed E-state index contributed by atoms with van der Waals surface area (Å²) in [4.78, 5) is 149. The van der Waals surface area contributed by atoms with Crippen LogP contribution < -0.4 is 49.5 Å². The first-order chi connectivity index (χ1) is 56.9. The topological polar surface area (TPSA) is 454 Å². The number of likely N-dealkylation sites (N-methyl/N-ethyl adjacent to an activating group) is 1. The van der Waals surface area contributed by atoms with Gasteiger partial charge >= 0.3 is 0 Å². The first-order valence-electron chi connectivity index (χ1n) is 39.2. The van der Waals surface area contributed by atoms with Crippen molar-refractivity contribution in [2.75, 3.05) is 44.5 Å². The highest BCUT2D eigenvalue weighted by atomic mass is 16.5. The second kappa shape index (κ2) is 35.1. The van der Waals surface area contributed by atoms with E-state index in [1.54, 1.807) is 128 Å². The molecule has 0 aromatic carbocycles. The molecule has 0 atom stereocenters. The van der Waals surface area contributed by atoms with Crippen LogP contribution in [0.3, 0.4) is 0 Å². The molecule has 41 heteroatoms. The van der Waals surface area contributed by atoms with E-state index in [0.29, 0.717) is 114 Å². The molecule has 1 aliphatic rings. The van der Waals surface area contributed by atoms with Crippen molar-refractivity contribution in [2.45, 2.75) is 204 Å². The minimum Gasteiger partial charge on any atom is -0.377 e. The van der Waals surface area contributed by atoms with Crippen molar-refractivity contribution in [3.05, 3.63) is 170 Å². The van der Waals surface area contributed by atoms with E-state index in [1.807, 2.05) is 166 Å². The Hall–Kier alpha value is -13.7. The number of nitrogens with one attached hydrogen (secondary N) is 2. The number of carbonyl (C=O) groups is 1. The van der Waals surface area contributed by atoms with E-state index in [2.05, 4.69) is 90.8 Å². The van der Waals surface area contributed by atoms with E-state index in [4.69, 9.17) is 16.6 Å². The summed E-state index contributed by atoms with van der Waals surface area (Å²) >= 11 is 0. The summed E-state index contributed by atoms with van der Waals surface area (Å²) in [5, 5.41) is 32.8. The SMILES string of the molecule is CN(C)C(=O)CNc1nc2ncn(C(C)(C)C)c(=O)c2n1C.Cc1cnc(C#N)c2ncn(C(C)(C)C)c(=O)c12.Cc1ncnc2ncn(C(C)(C)C)c(=O)c12.Cn1c(NC2COC2)nc2ncn(C(C)(C)C)c(=O)c21.Cn1cnc2cnn(C(C)(C)C)c(=O)c21.Cn1cnc2nnn(C(C)(C)C)c(=O)c21.[C-]#[N+]c1cn(C)c2c(=O)n(C(C)(C)C)ncc12. The molecule has 0 bridgehead atoms. The van der Waals surface area contributed by atoms with Crippen LogP contribution in [-0.2, 0) is 83.5 Å². The molecule has 1 saturated heterocycles. The lowest BCUT2D eigenvalue weighted by Gasteiger charge is -2.27. The Balaban J connectivity index is 0.000000163. The van der Waals surface area contributed by atoms with Gasteiger partial charge < -0.3 is 43.1 Å². The Morgan fingerprint density at radius 3 is 1.46 bits per heavy atom. The highest BCUT2D eigenvalue weighted by Crippen LogP contribution is 2.27. The van der Waals surface area contributed by atoms with Crippen molar-refractivity contribution >= 4 is 101 Å². The predicted molar refractivity (Wildman–Crippen MR) is 470 cm³/mol. The number of fused-ring (bicyclic) bond motifs is 7. The number of carbonyl (C=O) groups excluding carboxylic acids is 1. The molecule has 2 N–H and O–H groups in total. The fraction of sp³-hybridized carbons (Fsp3) is 0.500. The first-order valence-corrected chi connectivity index (χ1v) is 39.2. The third-order valence-electron chi connectivity index (χ3n) is 19.3. The van der Waals surface area contributed by atoms with Crippen LogP contribution in [0.4, 0.5) is 17.6 Å². The van der Waals surface area contributed by atoms with Crippen molar-refractivity contribution in [3.8, 4) is 6.07 Å². The van der Waals surface area contributed by atoms with E-state index < -0.39 is 0 Å². The Morgan fingerprint density at radius 2 is 0.959 bits per heavy atom. The van der Waals surface area contributed by atoms with Crippen LogP contribution in [0.25, 0.3) is 82.2 Å². The summed E-state index contributed by atoms with van der Waals surface area (Å²) in [6, 6.07) is 2.22. The Morgan fingerprint density at radius 1 is 0.504 bits per heavy atom. The fourth-order valence-electron chi connectivity index (χ4n) is 12.5. The number of rotatable bonds is 5. The monoisotopic (exact) mass is 1690 g/mol. The third-order valence-corrected chi connectivity index (χ3v) is 19.3. The standard InChI is InChI=1S/C14H22N6O2.C13H19N5O2.C13H14N4O.C12H14N4O.C11H14N4O.C10H14N4O.C9H13N5O/c1-14(2,3)20-8-16-11-10(12(20)22)19(6)13(17-11)15-7-9(21)18(4)5;1-13(2,3)18-7-14-10-9(11(18)19)17(4)12(16-10)15-8-5-20-6-8;1-8-6-15-9(5-14)11-10(8)12(18)17(7-16-11)13(2,3)4;1-12(2,3)16-11(17)10-8(6-14-16)9(13-4)7-15(10)5;1-7-8-9(13-5-12-7)14-6-15(10(8)16)11(2,3)4;1-10(2,3)14-9(15)8-7(5-12-14)11-6-13(8)4;1-9(2,3)14-8(15)6-7(11-12-14)10-5-13(6)4/h8H,7H2,1-6H3,(H,15,17);7-8H,5-6H2,1-4H3,(H,15,16);6-7H,1-4H3;6-7H,1-3,5H3;5-6H,1-4H3;5-6H,1-4H3;5H,1-4H3. The van der Waals surface area contributed by atoms with E-state index in [0.717, 1.165) is 5.56 Å². The van der Waals surface area contributed by atoms with Crippen LogP contribution in [0.15, 0.2) is 103 Å². The number of amides is 1. The lowest BCUT2D eigenvalue weighted by atomic mass is 10.1. The summed E-state index contributed by atoms with van der Waals surface area (Å²) in [6.07, 6.45) is 17.1. The van der Waals surface area contributed by atoms with Gasteiger partial charge in [0.25, 0.3) is 38.9 Å². The maximum Gasteiger partial charge on any atom is 0.296 e. The quantitative estimate of drug-likeness (QED) is 0.160. The van der Waals surface area contributed by atoms with Crippen molar-refractivity contribution in [1.29, 1.82) is 5.26 Å². The maximum atomic E-state index is 12.6. The molecule has 41 nitrogen and oxygen atoms in total. The summed E-state index contributed by atoms with van der Waals surface area (Å²) < 4.78 is 24.3. The smallest absolute Gasteiger partial charge is 0.296 e. The van der Waals surface area contributed by atoms with Gasteiger partial charge in [0.2, 0.25) is 29.1 Å². The molecule has 14 aromatic rings. The molecule has 15 rings (SSSR count). The number of aromatic nitrogens is 27. The molecule has 0 spiro atoms. The molecule has 0 unspecified atom stereocenters. The van der Waals surface area contributed by atoms with Crippen molar-refractivity contribution in [2.24, 2.45) is 35.2 Å². The normalized spacial score (nSPS) is 12.6. The summed E-state index contributed by atoms with van der Waals surface area (Å²) in [7, 11) is 12.3. The van der Waals surface area contributed by atoms with Crippen molar-refractivity contribution in [1.82, 2.24) is 135 Å². The first kappa shape index (κ1) is 93.1. The minimum absolute atomic E-state index is 0.0737. The number of ether oxygens (including phenoxy) is 1. The number of pyridine rings is 1. The number of imidazole rings is 4. The fourth-order valence-corrected chi connectivity index (χ4v) is 12.5. The molecule has 0 radical (unpaired) electrons. The molecule has 0 aliphatic carbocycles. The van der Waals surface area contributed by atoms with Gasteiger partial charge in [-0.05, 0) is 165 Å². The number of hydrogen-bond donors (Lipinski definition) is 2. The van der Waals surface area contributed by atoms with E-state index >= 15 is 0 Å². The highest BCUT2D eigenvalue weighted by molar-refractivity contribution is 5.92. The average Bonchev–Trinajstić information content (AvgIpc) is 1.47. The molecular weight excluding hydrogens is 1580 g/mol. The van der Waals surface area contributed by atoms with Crippen LogP contribution in [0.5, 0.6) is 0 Å². The molecule has 0 saturated carbocycles. The minimum atomic E-state index is -0.372. The van der Waals surface area contributed by atoms with Gasteiger partial charge in [0.05, 0.1) is 85.2 Å². The highest BCUT2D eigenvalue weighted by Gasteiger charge is 2.29. The second-order valence-electron chi connectivity index (χ2n) is 36.7. The molecular formula is C82H110N32O9.